The lowest BCUT2D eigenvalue weighted by Gasteiger charge is -2.19. The third-order valence-electron chi connectivity index (χ3n) is 14.5. The SMILES string of the molecule is CC(C)(C)OC(=O)COc1ccc([S+](c2ccccc2)c2ccccc2)c2ccccc12.CCCC[S+](CCCC)c1cccc2ccccc12.C[S+](C)c1cccc2ccccc12.c1ccc([S+](c2ccccc2)c2cccc3ccccc23)cc1. The van der Waals surface area contributed by atoms with E-state index < -0.39 is 5.60 Å². The summed E-state index contributed by atoms with van der Waals surface area (Å²) in [4.78, 5) is 23.1. The highest BCUT2D eigenvalue weighted by molar-refractivity contribution is 7.98. The molecule has 0 atom stereocenters. The van der Waals surface area contributed by atoms with E-state index in [1.54, 1.807) is 4.90 Å². The standard InChI is InChI=1S/C28H27O3S.C22H17S.C18H25S.C12H13S/c1-28(2,3)31-27(29)20-30-25-18-19-26(24-17-11-10-16-23(24)25)32(21-12-6-4-7-13-21)22-14-8-5-9-15-22;1-3-12-19(13-4-1)23(20-14-5-2-6-15-20)22-17-9-11-18-10-7-8-16-21(18)22;1-3-5-14-19(15-6-4-2)18-13-9-11-16-10-7-8-12-17(16)18;1-13(2)12-9-5-7-10-6-3-4-8-11(10)12/h4-19H,20H2,1-3H3;1-17H;7-13H,3-6,14-15H2,1-2H3;3-9H,1-2H3/q4*+1. The molecule has 440 valence electrons. The van der Waals surface area contributed by atoms with Crippen LogP contribution in [0.25, 0.3) is 43.1 Å². The van der Waals surface area contributed by atoms with Crippen molar-refractivity contribution < 1.29 is 14.3 Å². The van der Waals surface area contributed by atoms with Crippen molar-refractivity contribution in [2.75, 3.05) is 30.6 Å². The van der Waals surface area contributed by atoms with Gasteiger partial charge in [-0.15, -0.1) is 0 Å². The van der Waals surface area contributed by atoms with Crippen LogP contribution >= 0.6 is 0 Å². The molecule has 0 radical (unpaired) electrons. The Balaban J connectivity index is 0.000000145. The van der Waals surface area contributed by atoms with E-state index in [0.29, 0.717) is 27.5 Å². The van der Waals surface area contributed by atoms with Crippen LogP contribution in [0.3, 0.4) is 0 Å². The Labute approximate surface area is 529 Å². The molecule has 7 heteroatoms. The van der Waals surface area contributed by atoms with Crippen LogP contribution in [0.4, 0.5) is 0 Å². The minimum Gasteiger partial charge on any atom is -0.481 e. The Morgan fingerprint density at radius 1 is 0.356 bits per heavy atom. The molecule has 0 saturated carbocycles. The van der Waals surface area contributed by atoms with Crippen molar-refractivity contribution in [3.05, 3.63) is 285 Å². The van der Waals surface area contributed by atoms with E-state index in [0.717, 1.165) is 10.8 Å². The van der Waals surface area contributed by atoms with E-state index in [1.807, 2.05) is 57.2 Å². The fourth-order valence-corrected chi connectivity index (χ4v) is 18.6. The normalized spacial score (nSPS) is 11.3. The Morgan fingerprint density at radius 3 is 1.10 bits per heavy atom. The van der Waals surface area contributed by atoms with Crippen LogP contribution in [0.2, 0.25) is 0 Å². The average Bonchev–Trinajstić information content (AvgIpc) is 3.27. The molecule has 12 aromatic carbocycles. The van der Waals surface area contributed by atoms with E-state index in [1.165, 1.54) is 104 Å². The Morgan fingerprint density at radius 2 is 0.690 bits per heavy atom. The van der Waals surface area contributed by atoms with Gasteiger partial charge in [-0.2, -0.15) is 0 Å². The van der Waals surface area contributed by atoms with Gasteiger partial charge in [-0.3, -0.25) is 0 Å². The number of unbranched alkanes of at least 4 members (excludes halogenated alkanes) is 2. The van der Waals surface area contributed by atoms with Gasteiger partial charge in [-0.1, -0.05) is 209 Å². The average molecular weight is 1220 g/mol. The van der Waals surface area contributed by atoms with Gasteiger partial charge in [-0.05, 0) is 153 Å². The molecule has 0 aromatic heterocycles. The van der Waals surface area contributed by atoms with Crippen molar-refractivity contribution in [3.63, 3.8) is 0 Å². The minimum atomic E-state index is -0.536. The van der Waals surface area contributed by atoms with Gasteiger partial charge in [0.2, 0.25) is 0 Å². The Bertz CT molecular complexity index is 3950. The first-order chi connectivity index (χ1) is 42.5. The quantitative estimate of drug-likeness (QED) is 0.0673. The van der Waals surface area contributed by atoms with E-state index >= 15 is 0 Å². The fourth-order valence-electron chi connectivity index (χ4n) is 10.4. The molecule has 3 nitrogen and oxygen atoms in total. The number of benzene rings is 12. The molecule has 87 heavy (non-hydrogen) atoms. The highest BCUT2D eigenvalue weighted by atomic mass is 32.2. The van der Waals surface area contributed by atoms with Crippen LogP contribution in [0.15, 0.2) is 324 Å². The zero-order chi connectivity index (χ0) is 60.8. The van der Waals surface area contributed by atoms with Gasteiger partial charge < -0.3 is 9.47 Å². The summed E-state index contributed by atoms with van der Waals surface area (Å²) < 4.78 is 11.3. The van der Waals surface area contributed by atoms with Gasteiger partial charge in [-0.25, -0.2) is 4.79 Å². The molecular formula is C80H82O3S4+4. The van der Waals surface area contributed by atoms with Crippen molar-refractivity contribution in [2.24, 2.45) is 0 Å². The molecular weight excluding hydrogens is 1140 g/mol. The zero-order valence-corrected chi connectivity index (χ0v) is 54.7. The summed E-state index contributed by atoms with van der Waals surface area (Å²) in [5.74, 6) is 3.04. The van der Waals surface area contributed by atoms with E-state index in [9.17, 15) is 4.79 Å². The van der Waals surface area contributed by atoms with E-state index in [2.05, 4.69) is 275 Å². The van der Waals surface area contributed by atoms with E-state index in [4.69, 9.17) is 9.47 Å². The molecule has 0 amide bonds. The molecule has 0 heterocycles. The number of hydrogen-bond acceptors (Lipinski definition) is 3. The van der Waals surface area contributed by atoms with Gasteiger partial charge in [0.25, 0.3) is 0 Å². The first-order valence-electron chi connectivity index (χ1n) is 30.2. The molecule has 0 aliphatic heterocycles. The lowest BCUT2D eigenvalue weighted by atomic mass is 10.1. The number of ether oxygens (including phenoxy) is 2. The van der Waals surface area contributed by atoms with Crippen LogP contribution in [-0.4, -0.2) is 42.2 Å². The molecule has 12 rings (SSSR count). The second-order valence-electron chi connectivity index (χ2n) is 22.2. The highest BCUT2D eigenvalue weighted by Gasteiger charge is 2.32. The van der Waals surface area contributed by atoms with Gasteiger partial charge >= 0.3 is 5.97 Å². The van der Waals surface area contributed by atoms with Crippen LogP contribution < -0.4 is 4.74 Å². The number of carbonyl (C=O) groups is 1. The van der Waals surface area contributed by atoms with E-state index in [-0.39, 0.29) is 34.4 Å². The predicted octanol–water partition coefficient (Wildman–Crippen LogP) is 21.1. The van der Waals surface area contributed by atoms with Gasteiger partial charge in [0.15, 0.2) is 45.8 Å². The summed E-state index contributed by atoms with van der Waals surface area (Å²) in [5.41, 5.74) is -0.536. The first kappa shape index (κ1) is 63.8. The van der Waals surface area contributed by atoms with Gasteiger partial charge in [0.1, 0.15) is 35.4 Å². The smallest absolute Gasteiger partial charge is 0.344 e. The van der Waals surface area contributed by atoms with Crippen molar-refractivity contribution in [1.29, 1.82) is 0 Å². The zero-order valence-electron chi connectivity index (χ0n) is 51.4. The molecule has 0 aliphatic rings. The summed E-state index contributed by atoms with van der Waals surface area (Å²) in [5, 5.41) is 10.4. The predicted molar refractivity (Wildman–Crippen MR) is 380 cm³/mol. The van der Waals surface area contributed by atoms with Crippen molar-refractivity contribution >= 4 is 92.6 Å². The maximum atomic E-state index is 12.2. The maximum Gasteiger partial charge on any atom is 0.344 e. The summed E-state index contributed by atoms with van der Waals surface area (Å²) >= 11 is 0. The van der Waals surface area contributed by atoms with Crippen molar-refractivity contribution in [3.8, 4) is 5.75 Å². The molecule has 0 spiro atoms. The molecule has 0 fully saturated rings. The summed E-state index contributed by atoms with van der Waals surface area (Å²) in [6, 6.07) is 101. The Kier molecular flexibility index (Phi) is 23.7. The topological polar surface area (TPSA) is 35.5 Å². The maximum absolute atomic E-state index is 12.2. The fraction of sp³-hybridized carbons (Fsp3) is 0.188. The van der Waals surface area contributed by atoms with Gasteiger partial charge in [0, 0.05) is 48.7 Å². The second kappa shape index (κ2) is 32.4. The monoisotopic (exact) mass is 1220 g/mol. The van der Waals surface area contributed by atoms with Gasteiger partial charge in [0.05, 0.1) is 21.8 Å². The van der Waals surface area contributed by atoms with Crippen LogP contribution in [0, 0.1) is 0 Å². The summed E-state index contributed by atoms with van der Waals surface area (Å²) in [6.45, 7) is 10.0. The highest BCUT2D eigenvalue weighted by Crippen LogP contribution is 2.40. The Hall–Kier alpha value is -7.65. The molecule has 0 aliphatic carbocycles. The van der Waals surface area contributed by atoms with Crippen molar-refractivity contribution in [2.45, 2.75) is 105 Å². The third-order valence-corrected chi connectivity index (χ3v) is 22.8. The largest absolute Gasteiger partial charge is 0.481 e. The van der Waals surface area contributed by atoms with Crippen LogP contribution in [0.5, 0.6) is 5.75 Å². The lowest BCUT2D eigenvalue weighted by Crippen LogP contribution is -2.27. The molecule has 0 N–H and O–H groups in total. The number of hydrogen-bond donors (Lipinski definition) is 0. The number of rotatable bonds is 17. The number of esters is 1. The number of carbonyl (C=O) groups excluding carboxylic acids is 1. The summed E-state index contributed by atoms with van der Waals surface area (Å²) in [7, 11) is 0.424. The van der Waals surface area contributed by atoms with Crippen LogP contribution in [-0.2, 0) is 53.1 Å². The first-order valence-corrected chi connectivity index (χ1v) is 36.3. The lowest BCUT2D eigenvalue weighted by molar-refractivity contribution is -0.157. The molecule has 12 aromatic rings. The minimum absolute atomic E-state index is 0.0892. The second-order valence-corrected chi connectivity index (χ2v) is 30.5. The molecule has 0 bridgehead atoms. The number of fused-ring (bicyclic) bond motifs is 4. The third kappa shape index (κ3) is 17.5. The van der Waals surface area contributed by atoms with Crippen LogP contribution in [0.1, 0.15) is 60.3 Å². The molecule has 0 saturated heterocycles. The summed E-state index contributed by atoms with van der Waals surface area (Å²) in [6.07, 6.45) is 9.86. The van der Waals surface area contributed by atoms with Crippen molar-refractivity contribution in [1.82, 2.24) is 0 Å². The molecule has 0 unspecified atom stereocenters.